The summed E-state index contributed by atoms with van der Waals surface area (Å²) >= 11 is 1.63. The number of rotatable bonds is 3. The minimum atomic E-state index is -0.108. The van der Waals surface area contributed by atoms with Crippen molar-refractivity contribution in [3.05, 3.63) is 51.2 Å². The molecule has 0 spiro atoms. The molecule has 1 aromatic heterocycles. The van der Waals surface area contributed by atoms with Crippen LogP contribution in [0.25, 0.3) is 0 Å². The molecule has 2 heterocycles. The van der Waals surface area contributed by atoms with Crippen LogP contribution in [0.4, 0.5) is 0 Å². The maximum Gasteiger partial charge on any atom is 0.255 e. The van der Waals surface area contributed by atoms with Crippen LogP contribution in [0.15, 0.2) is 29.6 Å². The molecule has 0 N–H and O–H groups in total. The Bertz CT molecular complexity index is 710. The average Bonchev–Trinajstić information content (AvgIpc) is 2.93. The Morgan fingerprint density at radius 2 is 2.22 bits per heavy atom. The summed E-state index contributed by atoms with van der Waals surface area (Å²) in [6.45, 7) is 5.82. The first-order valence-electron chi connectivity index (χ1n) is 7.69. The Morgan fingerprint density at radius 1 is 1.39 bits per heavy atom. The van der Waals surface area contributed by atoms with Gasteiger partial charge in [0.05, 0.1) is 25.8 Å². The zero-order chi connectivity index (χ0) is 16.4. The highest BCUT2D eigenvalue weighted by Crippen LogP contribution is 2.28. The summed E-state index contributed by atoms with van der Waals surface area (Å²) in [5, 5.41) is 1.96. The number of thiophene rings is 1. The first-order valence-corrected chi connectivity index (χ1v) is 8.57. The van der Waals surface area contributed by atoms with Crippen LogP contribution in [-0.2, 0) is 4.74 Å². The third-order valence-corrected chi connectivity index (χ3v) is 5.35. The van der Waals surface area contributed by atoms with Gasteiger partial charge in [0, 0.05) is 16.8 Å². The van der Waals surface area contributed by atoms with E-state index in [4.69, 9.17) is 9.47 Å². The molecule has 2 aromatic rings. The van der Waals surface area contributed by atoms with Gasteiger partial charge in [0.1, 0.15) is 11.9 Å². The van der Waals surface area contributed by atoms with Crippen molar-refractivity contribution < 1.29 is 14.3 Å². The van der Waals surface area contributed by atoms with Gasteiger partial charge in [0.15, 0.2) is 0 Å². The Morgan fingerprint density at radius 3 is 2.91 bits per heavy atom. The molecule has 4 nitrogen and oxygen atoms in total. The van der Waals surface area contributed by atoms with Crippen LogP contribution in [0.3, 0.4) is 0 Å². The minimum Gasteiger partial charge on any atom is -0.497 e. The standard InChI is InChI=1S/C18H21NO3S/c1-12-13(2)23-11-16(12)18(20)19-7-8-22-17(10-19)14-5-4-6-15(9-14)21-3/h4-6,9,11,17H,7-8,10H2,1-3H3. The second kappa shape index (κ2) is 6.72. The molecule has 0 saturated carbocycles. The van der Waals surface area contributed by atoms with Crippen molar-refractivity contribution >= 4 is 17.2 Å². The zero-order valence-electron chi connectivity index (χ0n) is 13.7. The number of morpholine rings is 1. The summed E-state index contributed by atoms with van der Waals surface area (Å²) in [7, 11) is 1.65. The van der Waals surface area contributed by atoms with Gasteiger partial charge in [-0.2, -0.15) is 0 Å². The number of ether oxygens (including phenoxy) is 2. The van der Waals surface area contributed by atoms with Crippen molar-refractivity contribution in [2.75, 3.05) is 26.8 Å². The van der Waals surface area contributed by atoms with E-state index in [2.05, 4.69) is 6.92 Å². The van der Waals surface area contributed by atoms with Gasteiger partial charge < -0.3 is 14.4 Å². The smallest absolute Gasteiger partial charge is 0.255 e. The predicted molar refractivity (Wildman–Crippen MR) is 91.4 cm³/mol. The Balaban J connectivity index is 1.77. The van der Waals surface area contributed by atoms with E-state index in [-0.39, 0.29) is 12.0 Å². The fraction of sp³-hybridized carbons (Fsp3) is 0.389. The van der Waals surface area contributed by atoms with Gasteiger partial charge in [-0.15, -0.1) is 11.3 Å². The van der Waals surface area contributed by atoms with E-state index < -0.39 is 0 Å². The van der Waals surface area contributed by atoms with Crippen LogP contribution in [0.5, 0.6) is 5.75 Å². The van der Waals surface area contributed by atoms with Crippen molar-refractivity contribution in [1.82, 2.24) is 4.90 Å². The summed E-state index contributed by atoms with van der Waals surface area (Å²) in [4.78, 5) is 15.9. The maximum absolute atomic E-state index is 12.8. The molecule has 23 heavy (non-hydrogen) atoms. The van der Waals surface area contributed by atoms with Crippen LogP contribution in [-0.4, -0.2) is 37.6 Å². The lowest BCUT2D eigenvalue weighted by Crippen LogP contribution is -2.42. The third kappa shape index (κ3) is 3.26. The summed E-state index contributed by atoms with van der Waals surface area (Å²) in [5.41, 5.74) is 2.95. The van der Waals surface area contributed by atoms with Gasteiger partial charge >= 0.3 is 0 Å². The largest absolute Gasteiger partial charge is 0.497 e. The number of hydrogen-bond acceptors (Lipinski definition) is 4. The Labute approximate surface area is 140 Å². The lowest BCUT2D eigenvalue weighted by atomic mass is 10.1. The molecule has 1 atom stereocenters. The maximum atomic E-state index is 12.8. The number of hydrogen-bond donors (Lipinski definition) is 0. The van der Waals surface area contributed by atoms with Gasteiger partial charge in [0.2, 0.25) is 0 Å². The van der Waals surface area contributed by atoms with E-state index in [1.54, 1.807) is 18.4 Å². The number of aryl methyl sites for hydroxylation is 1. The molecule has 0 bridgehead atoms. The summed E-state index contributed by atoms with van der Waals surface area (Å²) in [5.74, 6) is 0.905. The molecule has 1 aromatic carbocycles. The molecule has 5 heteroatoms. The van der Waals surface area contributed by atoms with Gasteiger partial charge in [0.25, 0.3) is 5.91 Å². The van der Waals surface area contributed by atoms with E-state index in [0.717, 1.165) is 22.4 Å². The van der Waals surface area contributed by atoms with E-state index in [9.17, 15) is 4.79 Å². The fourth-order valence-electron chi connectivity index (χ4n) is 2.77. The van der Waals surface area contributed by atoms with Crippen molar-refractivity contribution in [3.8, 4) is 5.75 Å². The quantitative estimate of drug-likeness (QED) is 0.863. The van der Waals surface area contributed by atoms with E-state index in [0.29, 0.717) is 19.7 Å². The molecule has 0 radical (unpaired) electrons. The molecule has 1 aliphatic heterocycles. The molecule has 1 fully saturated rings. The lowest BCUT2D eigenvalue weighted by molar-refractivity contribution is -0.0229. The zero-order valence-corrected chi connectivity index (χ0v) is 14.5. The SMILES string of the molecule is COc1cccc(C2CN(C(=O)c3csc(C)c3C)CCO2)c1. The number of amides is 1. The average molecular weight is 331 g/mol. The number of benzene rings is 1. The summed E-state index contributed by atoms with van der Waals surface area (Å²) in [6.07, 6.45) is -0.108. The van der Waals surface area contributed by atoms with Crippen LogP contribution >= 0.6 is 11.3 Å². The molecule has 0 aliphatic carbocycles. The molecule has 1 unspecified atom stereocenters. The molecular weight excluding hydrogens is 310 g/mol. The van der Waals surface area contributed by atoms with E-state index >= 15 is 0 Å². The highest BCUT2D eigenvalue weighted by molar-refractivity contribution is 7.10. The molecular formula is C18H21NO3S. The van der Waals surface area contributed by atoms with E-state index in [1.807, 2.05) is 41.5 Å². The van der Waals surface area contributed by atoms with Crippen LogP contribution in [0.1, 0.15) is 32.5 Å². The van der Waals surface area contributed by atoms with Crippen LogP contribution in [0.2, 0.25) is 0 Å². The van der Waals surface area contributed by atoms with Crippen molar-refractivity contribution in [1.29, 1.82) is 0 Å². The van der Waals surface area contributed by atoms with Crippen LogP contribution in [0, 0.1) is 13.8 Å². The van der Waals surface area contributed by atoms with E-state index in [1.165, 1.54) is 4.88 Å². The molecule has 3 rings (SSSR count). The number of carbonyl (C=O) groups excluding carboxylic acids is 1. The van der Waals surface area contributed by atoms with Crippen LogP contribution < -0.4 is 4.74 Å². The summed E-state index contributed by atoms with van der Waals surface area (Å²) in [6, 6.07) is 7.84. The first-order chi connectivity index (χ1) is 11.1. The van der Waals surface area contributed by atoms with Gasteiger partial charge in [-0.1, -0.05) is 12.1 Å². The third-order valence-electron chi connectivity index (χ3n) is 4.34. The topological polar surface area (TPSA) is 38.8 Å². The van der Waals surface area contributed by atoms with Gasteiger partial charge in [-0.05, 0) is 37.1 Å². The normalized spacial score (nSPS) is 18.0. The second-order valence-corrected chi connectivity index (χ2v) is 6.80. The molecule has 1 aliphatic rings. The molecule has 1 saturated heterocycles. The number of methoxy groups -OCH3 is 1. The highest BCUT2D eigenvalue weighted by Gasteiger charge is 2.27. The van der Waals surface area contributed by atoms with Gasteiger partial charge in [-0.3, -0.25) is 4.79 Å². The second-order valence-electron chi connectivity index (χ2n) is 5.72. The predicted octanol–water partition coefficient (Wildman–Crippen LogP) is 3.59. The van der Waals surface area contributed by atoms with Crippen molar-refractivity contribution in [2.45, 2.75) is 20.0 Å². The lowest BCUT2D eigenvalue weighted by Gasteiger charge is -2.33. The minimum absolute atomic E-state index is 0.100. The Hall–Kier alpha value is -1.85. The fourth-order valence-corrected chi connectivity index (χ4v) is 3.63. The molecule has 1 amide bonds. The highest BCUT2D eigenvalue weighted by atomic mass is 32.1. The summed E-state index contributed by atoms with van der Waals surface area (Å²) < 4.78 is 11.1. The number of carbonyl (C=O) groups is 1. The number of nitrogens with zero attached hydrogens (tertiary/aromatic N) is 1. The van der Waals surface area contributed by atoms with Gasteiger partial charge in [-0.25, -0.2) is 0 Å². The Kier molecular flexibility index (Phi) is 4.68. The van der Waals surface area contributed by atoms with Crippen molar-refractivity contribution in [3.63, 3.8) is 0 Å². The van der Waals surface area contributed by atoms with Crippen molar-refractivity contribution in [2.24, 2.45) is 0 Å². The molecule has 122 valence electrons. The first kappa shape index (κ1) is 16.0. The monoisotopic (exact) mass is 331 g/mol.